The fraction of sp³-hybridized carbons (Fsp3) is 0.235. The maximum atomic E-state index is 13.1. The van der Waals surface area contributed by atoms with Crippen molar-refractivity contribution in [3.63, 3.8) is 0 Å². The zero-order chi connectivity index (χ0) is 15.4. The third kappa shape index (κ3) is 4.26. The Hall–Kier alpha value is -1.94. The maximum Gasteiger partial charge on any atom is 0.171 e. The molecule has 0 aliphatic carbocycles. The summed E-state index contributed by atoms with van der Waals surface area (Å²) in [6.07, 6.45) is 0. The minimum Gasteiger partial charge on any atom is -0.356 e. The average molecular weight is 302 g/mol. The molecule has 2 nitrogen and oxygen atoms in total. The quantitative estimate of drug-likeness (QED) is 0.817. The van der Waals surface area contributed by atoms with E-state index in [4.69, 9.17) is 12.2 Å². The van der Waals surface area contributed by atoms with Crippen molar-refractivity contribution in [2.45, 2.75) is 26.8 Å². The van der Waals surface area contributed by atoms with E-state index in [9.17, 15) is 4.39 Å². The van der Waals surface area contributed by atoms with E-state index in [0.29, 0.717) is 10.8 Å². The van der Waals surface area contributed by atoms with E-state index in [1.807, 2.05) is 6.92 Å². The van der Waals surface area contributed by atoms with E-state index in [0.717, 1.165) is 0 Å². The summed E-state index contributed by atoms with van der Waals surface area (Å²) in [6.45, 7) is 6.23. The lowest BCUT2D eigenvalue weighted by Gasteiger charge is -2.18. The van der Waals surface area contributed by atoms with Crippen molar-refractivity contribution in [2.24, 2.45) is 0 Å². The molecule has 0 saturated carbocycles. The second-order valence-electron chi connectivity index (χ2n) is 5.17. The van der Waals surface area contributed by atoms with Gasteiger partial charge in [-0.3, -0.25) is 0 Å². The Bertz CT molecular complexity index is 655. The highest BCUT2D eigenvalue weighted by atomic mass is 32.1. The maximum absolute atomic E-state index is 13.1. The SMILES string of the molecule is Cc1ccc(C(C)NC(=S)Nc2cccc(F)c2)cc1C. The molecule has 4 heteroatoms. The van der Waals surface area contributed by atoms with Gasteiger partial charge in [-0.05, 0) is 67.9 Å². The largest absolute Gasteiger partial charge is 0.356 e. The predicted octanol–water partition coefficient (Wildman–Crippen LogP) is 4.49. The van der Waals surface area contributed by atoms with Crippen molar-refractivity contribution < 1.29 is 4.39 Å². The molecule has 0 amide bonds. The lowest BCUT2D eigenvalue weighted by atomic mass is 10.0. The summed E-state index contributed by atoms with van der Waals surface area (Å²) >= 11 is 5.27. The molecule has 2 rings (SSSR count). The Labute approximate surface area is 130 Å². The summed E-state index contributed by atoms with van der Waals surface area (Å²) in [7, 11) is 0. The number of anilines is 1. The van der Waals surface area contributed by atoms with Crippen LogP contribution in [0.25, 0.3) is 0 Å². The van der Waals surface area contributed by atoms with Crippen LogP contribution in [0, 0.1) is 19.7 Å². The van der Waals surface area contributed by atoms with E-state index in [-0.39, 0.29) is 11.9 Å². The van der Waals surface area contributed by atoms with Gasteiger partial charge < -0.3 is 10.6 Å². The molecule has 0 radical (unpaired) electrons. The molecule has 0 aliphatic heterocycles. The van der Waals surface area contributed by atoms with Crippen molar-refractivity contribution >= 4 is 23.0 Å². The van der Waals surface area contributed by atoms with Crippen LogP contribution in [-0.4, -0.2) is 5.11 Å². The lowest BCUT2D eigenvalue weighted by Crippen LogP contribution is -2.30. The Morgan fingerprint density at radius 2 is 1.86 bits per heavy atom. The summed E-state index contributed by atoms with van der Waals surface area (Å²) in [6, 6.07) is 12.7. The summed E-state index contributed by atoms with van der Waals surface area (Å²) in [5.74, 6) is -0.287. The molecule has 110 valence electrons. The predicted molar refractivity (Wildman–Crippen MR) is 90.1 cm³/mol. The molecule has 21 heavy (non-hydrogen) atoms. The number of nitrogens with one attached hydrogen (secondary N) is 2. The summed E-state index contributed by atoms with van der Waals surface area (Å²) in [5.41, 5.74) is 4.33. The number of hydrogen-bond acceptors (Lipinski definition) is 1. The van der Waals surface area contributed by atoms with Crippen LogP contribution in [0.4, 0.5) is 10.1 Å². The normalized spacial score (nSPS) is 11.8. The van der Waals surface area contributed by atoms with Crippen LogP contribution in [0.2, 0.25) is 0 Å². The molecular formula is C17H19FN2S. The van der Waals surface area contributed by atoms with Gasteiger partial charge in [-0.15, -0.1) is 0 Å². The summed E-state index contributed by atoms with van der Waals surface area (Å²) < 4.78 is 13.1. The van der Waals surface area contributed by atoms with Crippen LogP contribution in [0.1, 0.15) is 29.7 Å². The number of rotatable bonds is 3. The Morgan fingerprint density at radius 3 is 2.52 bits per heavy atom. The zero-order valence-electron chi connectivity index (χ0n) is 12.4. The smallest absolute Gasteiger partial charge is 0.171 e. The van der Waals surface area contributed by atoms with Crippen LogP contribution >= 0.6 is 12.2 Å². The highest BCUT2D eigenvalue weighted by Gasteiger charge is 2.08. The van der Waals surface area contributed by atoms with E-state index in [2.05, 4.69) is 42.7 Å². The van der Waals surface area contributed by atoms with Gasteiger partial charge in [0.05, 0.1) is 6.04 Å². The molecular weight excluding hydrogens is 283 g/mol. The Balaban J connectivity index is 2.00. The fourth-order valence-electron chi connectivity index (χ4n) is 2.05. The minimum atomic E-state index is -0.287. The highest BCUT2D eigenvalue weighted by molar-refractivity contribution is 7.80. The molecule has 1 atom stereocenters. The molecule has 0 spiro atoms. The monoisotopic (exact) mass is 302 g/mol. The fourth-order valence-corrected chi connectivity index (χ4v) is 2.34. The van der Waals surface area contributed by atoms with Gasteiger partial charge in [0.25, 0.3) is 0 Å². The molecule has 0 fully saturated rings. The van der Waals surface area contributed by atoms with Crippen molar-refractivity contribution in [1.29, 1.82) is 0 Å². The van der Waals surface area contributed by atoms with Crippen molar-refractivity contribution in [3.8, 4) is 0 Å². The van der Waals surface area contributed by atoms with Gasteiger partial charge >= 0.3 is 0 Å². The van der Waals surface area contributed by atoms with Gasteiger partial charge in [-0.2, -0.15) is 0 Å². The standard InChI is InChI=1S/C17H19FN2S/c1-11-7-8-14(9-12(11)2)13(3)19-17(21)20-16-6-4-5-15(18)10-16/h4-10,13H,1-3H3,(H2,19,20,21). The second-order valence-corrected chi connectivity index (χ2v) is 5.58. The van der Waals surface area contributed by atoms with Gasteiger partial charge in [-0.1, -0.05) is 24.3 Å². The van der Waals surface area contributed by atoms with Crippen LogP contribution in [-0.2, 0) is 0 Å². The number of hydrogen-bond donors (Lipinski definition) is 2. The van der Waals surface area contributed by atoms with Gasteiger partial charge in [0.1, 0.15) is 5.82 Å². The van der Waals surface area contributed by atoms with Crippen molar-refractivity contribution in [3.05, 3.63) is 65.0 Å². The zero-order valence-corrected chi connectivity index (χ0v) is 13.2. The summed E-state index contributed by atoms with van der Waals surface area (Å²) in [4.78, 5) is 0. The van der Waals surface area contributed by atoms with E-state index in [1.54, 1.807) is 12.1 Å². The molecule has 2 N–H and O–H groups in total. The number of halogens is 1. The first kappa shape index (κ1) is 15.4. The Morgan fingerprint density at radius 1 is 1.10 bits per heavy atom. The first-order valence-electron chi connectivity index (χ1n) is 6.86. The third-order valence-corrected chi connectivity index (χ3v) is 3.68. The number of aryl methyl sites for hydroxylation is 2. The molecule has 2 aromatic carbocycles. The molecule has 0 aromatic heterocycles. The third-order valence-electron chi connectivity index (χ3n) is 3.46. The summed E-state index contributed by atoms with van der Waals surface area (Å²) in [5, 5.41) is 6.68. The Kier molecular flexibility index (Phi) is 4.91. The first-order valence-corrected chi connectivity index (χ1v) is 7.27. The van der Waals surface area contributed by atoms with Crippen LogP contribution < -0.4 is 10.6 Å². The van der Waals surface area contributed by atoms with Gasteiger partial charge in [0, 0.05) is 5.69 Å². The van der Waals surface area contributed by atoms with Crippen molar-refractivity contribution in [1.82, 2.24) is 5.32 Å². The lowest BCUT2D eigenvalue weighted by molar-refractivity contribution is 0.628. The van der Waals surface area contributed by atoms with Crippen LogP contribution in [0.15, 0.2) is 42.5 Å². The van der Waals surface area contributed by atoms with Gasteiger partial charge in [0.2, 0.25) is 0 Å². The molecule has 0 bridgehead atoms. The van der Waals surface area contributed by atoms with E-state index in [1.165, 1.54) is 28.8 Å². The average Bonchev–Trinajstić information content (AvgIpc) is 2.41. The van der Waals surface area contributed by atoms with Crippen LogP contribution in [0.3, 0.4) is 0 Å². The van der Waals surface area contributed by atoms with E-state index >= 15 is 0 Å². The van der Waals surface area contributed by atoms with Gasteiger partial charge in [-0.25, -0.2) is 4.39 Å². The van der Waals surface area contributed by atoms with Crippen molar-refractivity contribution in [2.75, 3.05) is 5.32 Å². The molecule has 0 saturated heterocycles. The minimum absolute atomic E-state index is 0.0814. The van der Waals surface area contributed by atoms with E-state index < -0.39 is 0 Å². The molecule has 2 aromatic rings. The van der Waals surface area contributed by atoms with Gasteiger partial charge in [0.15, 0.2) is 5.11 Å². The number of thiocarbonyl (C=S) groups is 1. The molecule has 1 unspecified atom stereocenters. The molecule has 0 heterocycles. The first-order chi connectivity index (χ1) is 9.95. The second kappa shape index (κ2) is 6.68. The topological polar surface area (TPSA) is 24.1 Å². The number of benzene rings is 2. The highest BCUT2D eigenvalue weighted by Crippen LogP contribution is 2.17. The molecule has 0 aliphatic rings. The van der Waals surface area contributed by atoms with Crippen LogP contribution in [0.5, 0.6) is 0 Å².